The number of aromatic nitrogens is 3. The molecule has 0 spiro atoms. The molecule has 1 aromatic carbocycles. The SMILES string of the molecule is O=C(CSc1nnc(-c2ccc[nH]2)o1)N1CCN(S(=O)(=O)c2ccc3c(c2)OCCO3)CC1. The van der Waals surface area contributed by atoms with Crippen LogP contribution < -0.4 is 9.47 Å². The molecular formula is C20H21N5O6S2. The molecule has 13 heteroatoms. The molecule has 4 heterocycles. The number of piperazine rings is 1. The highest BCUT2D eigenvalue weighted by molar-refractivity contribution is 7.99. The summed E-state index contributed by atoms with van der Waals surface area (Å²) in [7, 11) is -3.70. The van der Waals surface area contributed by atoms with E-state index < -0.39 is 10.0 Å². The van der Waals surface area contributed by atoms with Crippen molar-refractivity contribution in [2.24, 2.45) is 0 Å². The van der Waals surface area contributed by atoms with E-state index in [1.54, 1.807) is 17.2 Å². The zero-order chi connectivity index (χ0) is 22.8. The second kappa shape index (κ2) is 9.08. The molecule has 33 heavy (non-hydrogen) atoms. The van der Waals surface area contributed by atoms with Gasteiger partial charge in [-0.1, -0.05) is 11.8 Å². The van der Waals surface area contributed by atoms with Crippen LogP contribution in [-0.4, -0.2) is 83.9 Å². The second-order valence-corrected chi connectivity index (χ2v) is 10.2. The average Bonchev–Trinajstić information content (AvgIpc) is 3.54. The number of H-pyrrole nitrogens is 1. The van der Waals surface area contributed by atoms with E-state index in [9.17, 15) is 13.2 Å². The fourth-order valence-electron chi connectivity index (χ4n) is 3.57. The van der Waals surface area contributed by atoms with Gasteiger partial charge in [-0.15, -0.1) is 10.2 Å². The third kappa shape index (κ3) is 4.56. The lowest BCUT2D eigenvalue weighted by Crippen LogP contribution is -2.50. The number of nitrogens with zero attached hydrogens (tertiary/aromatic N) is 4. The summed E-state index contributed by atoms with van der Waals surface area (Å²) in [4.78, 5) is 17.4. The zero-order valence-electron chi connectivity index (χ0n) is 17.5. The predicted octanol–water partition coefficient (Wildman–Crippen LogP) is 1.46. The number of thioether (sulfide) groups is 1. The Morgan fingerprint density at radius 2 is 1.85 bits per heavy atom. The molecule has 11 nitrogen and oxygen atoms in total. The molecule has 0 saturated carbocycles. The maximum absolute atomic E-state index is 13.1. The van der Waals surface area contributed by atoms with Crippen LogP contribution in [0.5, 0.6) is 11.5 Å². The standard InChI is InChI=1S/C20H21N5O6S2/c26-18(13-32-20-23-22-19(31-20)15-2-1-5-21-15)24-6-8-25(9-7-24)33(27,28)14-3-4-16-17(12-14)30-11-10-29-16/h1-5,12,21H,6-11,13H2. The van der Waals surface area contributed by atoms with Gasteiger partial charge in [0.2, 0.25) is 15.9 Å². The van der Waals surface area contributed by atoms with Gasteiger partial charge >= 0.3 is 0 Å². The van der Waals surface area contributed by atoms with E-state index in [0.29, 0.717) is 54.6 Å². The van der Waals surface area contributed by atoms with E-state index in [0.717, 1.165) is 11.8 Å². The second-order valence-electron chi connectivity index (χ2n) is 7.34. The fraction of sp³-hybridized carbons (Fsp3) is 0.350. The first-order valence-corrected chi connectivity index (χ1v) is 12.7. The Balaban J connectivity index is 1.15. The van der Waals surface area contributed by atoms with Gasteiger partial charge in [-0.3, -0.25) is 4.79 Å². The van der Waals surface area contributed by atoms with Crippen LogP contribution in [0.2, 0.25) is 0 Å². The zero-order valence-corrected chi connectivity index (χ0v) is 19.1. The molecule has 0 unspecified atom stereocenters. The van der Waals surface area contributed by atoms with Crippen LogP contribution in [0.1, 0.15) is 0 Å². The van der Waals surface area contributed by atoms with Crippen molar-refractivity contribution in [1.82, 2.24) is 24.4 Å². The first kappa shape index (κ1) is 21.8. The maximum Gasteiger partial charge on any atom is 0.277 e. The van der Waals surface area contributed by atoms with Crippen molar-refractivity contribution < 1.29 is 27.1 Å². The van der Waals surface area contributed by atoms with E-state index in [1.165, 1.54) is 16.4 Å². The summed E-state index contributed by atoms with van der Waals surface area (Å²) in [5, 5.41) is 8.20. The van der Waals surface area contributed by atoms with Crippen molar-refractivity contribution in [2.75, 3.05) is 45.1 Å². The Labute approximate surface area is 194 Å². The van der Waals surface area contributed by atoms with Gasteiger partial charge in [-0.05, 0) is 24.3 Å². The van der Waals surface area contributed by atoms with E-state index >= 15 is 0 Å². The Morgan fingerprint density at radius 3 is 2.61 bits per heavy atom. The summed E-state index contributed by atoms with van der Waals surface area (Å²) in [6.07, 6.45) is 1.75. The Kier molecular flexibility index (Phi) is 6.00. The molecule has 1 amide bonds. The molecule has 0 bridgehead atoms. The number of carbonyl (C=O) groups is 1. The fourth-order valence-corrected chi connectivity index (χ4v) is 5.67. The van der Waals surface area contributed by atoms with Crippen molar-refractivity contribution in [1.29, 1.82) is 0 Å². The number of sulfonamides is 1. The summed E-state index contributed by atoms with van der Waals surface area (Å²) in [5.74, 6) is 1.33. The molecule has 0 radical (unpaired) electrons. The normalized spacial score (nSPS) is 16.7. The molecule has 1 fully saturated rings. The minimum Gasteiger partial charge on any atom is -0.486 e. The van der Waals surface area contributed by atoms with Crippen molar-refractivity contribution >= 4 is 27.7 Å². The highest BCUT2D eigenvalue weighted by Gasteiger charge is 2.31. The van der Waals surface area contributed by atoms with Gasteiger partial charge in [0.15, 0.2) is 11.5 Å². The quantitative estimate of drug-likeness (QED) is 0.509. The summed E-state index contributed by atoms with van der Waals surface area (Å²) in [5.41, 5.74) is 0.705. The van der Waals surface area contributed by atoms with Crippen LogP contribution in [0.4, 0.5) is 0 Å². The minimum atomic E-state index is -3.70. The van der Waals surface area contributed by atoms with Crippen LogP contribution >= 0.6 is 11.8 Å². The molecule has 2 aromatic heterocycles. The molecule has 0 aliphatic carbocycles. The van der Waals surface area contributed by atoms with Gasteiger partial charge in [0.05, 0.1) is 10.6 Å². The highest BCUT2D eigenvalue weighted by atomic mass is 32.2. The van der Waals surface area contributed by atoms with Gasteiger partial charge in [0.25, 0.3) is 11.1 Å². The number of rotatable bonds is 6. The molecule has 1 saturated heterocycles. The minimum absolute atomic E-state index is 0.115. The first-order chi connectivity index (χ1) is 16.0. The lowest BCUT2D eigenvalue weighted by atomic mass is 10.3. The highest BCUT2D eigenvalue weighted by Crippen LogP contribution is 2.33. The average molecular weight is 492 g/mol. The topological polar surface area (TPSA) is 131 Å². The van der Waals surface area contributed by atoms with Crippen LogP contribution in [0.15, 0.2) is 51.1 Å². The van der Waals surface area contributed by atoms with Gasteiger partial charge < -0.3 is 23.8 Å². The van der Waals surface area contributed by atoms with E-state index in [4.69, 9.17) is 13.9 Å². The largest absolute Gasteiger partial charge is 0.486 e. The van der Waals surface area contributed by atoms with Crippen LogP contribution in [-0.2, 0) is 14.8 Å². The predicted molar refractivity (Wildman–Crippen MR) is 118 cm³/mol. The molecule has 5 rings (SSSR count). The third-order valence-electron chi connectivity index (χ3n) is 5.30. The number of amides is 1. The Morgan fingerprint density at radius 1 is 1.06 bits per heavy atom. The van der Waals surface area contributed by atoms with Gasteiger partial charge in [0.1, 0.15) is 18.9 Å². The van der Waals surface area contributed by atoms with Gasteiger partial charge in [-0.2, -0.15) is 4.31 Å². The summed E-state index contributed by atoms with van der Waals surface area (Å²) in [6, 6.07) is 8.25. The lowest BCUT2D eigenvalue weighted by Gasteiger charge is -2.34. The van der Waals surface area contributed by atoms with Gasteiger partial charge in [0, 0.05) is 38.4 Å². The molecule has 2 aliphatic rings. The van der Waals surface area contributed by atoms with Crippen molar-refractivity contribution in [3.63, 3.8) is 0 Å². The summed E-state index contributed by atoms with van der Waals surface area (Å²) < 4.78 is 44.0. The Hall–Kier alpha value is -3.03. The molecule has 174 valence electrons. The number of fused-ring (bicyclic) bond motifs is 1. The molecule has 2 aliphatic heterocycles. The summed E-state index contributed by atoms with van der Waals surface area (Å²) >= 11 is 1.15. The molecule has 3 aromatic rings. The number of aromatic amines is 1. The van der Waals surface area contributed by atoms with Crippen LogP contribution in [0.3, 0.4) is 0 Å². The smallest absolute Gasteiger partial charge is 0.277 e. The Bertz CT molecular complexity index is 1240. The molecule has 0 atom stereocenters. The van der Waals surface area contributed by atoms with Crippen LogP contribution in [0.25, 0.3) is 11.6 Å². The number of benzene rings is 1. The number of carbonyl (C=O) groups excluding carboxylic acids is 1. The number of ether oxygens (including phenoxy) is 2. The lowest BCUT2D eigenvalue weighted by molar-refractivity contribution is -0.129. The number of hydrogen-bond donors (Lipinski definition) is 1. The molecule has 1 N–H and O–H groups in total. The van der Waals surface area contributed by atoms with Crippen LogP contribution in [0, 0.1) is 0 Å². The number of hydrogen-bond acceptors (Lipinski definition) is 9. The van der Waals surface area contributed by atoms with E-state index in [1.807, 2.05) is 12.1 Å². The van der Waals surface area contributed by atoms with Gasteiger partial charge in [-0.25, -0.2) is 8.42 Å². The summed E-state index contributed by atoms with van der Waals surface area (Å²) in [6.45, 7) is 1.86. The van der Waals surface area contributed by atoms with Crippen molar-refractivity contribution in [3.05, 3.63) is 36.5 Å². The van der Waals surface area contributed by atoms with E-state index in [2.05, 4.69) is 15.2 Å². The monoisotopic (exact) mass is 491 g/mol. The number of nitrogens with one attached hydrogen (secondary N) is 1. The molecular weight excluding hydrogens is 470 g/mol. The maximum atomic E-state index is 13.1. The third-order valence-corrected chi connectivity index (χ3v) is 7.99. The van der Waals surface area contributed by atoms with Crippen molar-refractivity contribution in [3.8, 4) is 23.1 Å². The van der Waals surface area contributed by atoms with E-state index in [-0.39, 0.29) is 29.6 Å². The first-order valence-electron chi connectivity index (χ1n) is 10.3. The van der Waals surface area contributed by atoms with Crippen molar-refractivity contribution in [2.45, 2.75) is 10.1 Å².